The van der Waals surface area contributed by atoms with E-state index in [1.165, 1.54) is 25.1 Å². The van der Waals surface area contributed by atoms with Gasteiger partial charge in [-0.25, -0.2) is 4.98 Å². The fraction of sp³-hybridized carbons (Fsp3) is 0.750. The Bertz CT molecular complexity index is 310. The SMILES string of the molecule is CC(N)C1CCCN(C(C)c2cscn2)C1. The molecular weight excluding hydrogens is 218 g/mol. The van der Waals surface area contributed by atoms with Crippen LogP contribution in [0.15, 0.2) is 10.9 Å². The number of likely N-dealkylation sites (tertiary alicyclic amines) is 1. The summed E-state index contributed by atoms with van der Waals surface area (Å²) >= 11 is 1.68. The van der Waals surface area contributed by atoms with Crippen LogP contribution in [0.25, 0.3) is 0 Å². The molecule has 1 fully saturated rings. The monoisotopic (exact) mass is 239 g/mol. The van der Waals surface area contributed by atoms with Crippen LogP contribution in [-0.2, 0) is 0 Å². The molecule has 2 rings (SSSR count). The van der Waals surface area contributed by atoms with Gasteiger partial charge in [-0.15, -0.1) is 11.3 Å². The van der Waals surface area contributed by atoms with Crippen LogP contribution < -0.4 is 5.73 Å². The van der Waals surface area contributed by atoms with E-state index in [-0.39, 0.29) is 0 Å². The molecular formula is C12H21N3S. The summed E-state index contributed by atoms with van der Waals surface area (Å²) in [7, 11) is 0. The second-order valence-electron chi connectivity index (χ2n) is 4.85. The first-order chi connectivity index (χ1) is 7.68. The maximum atomic E-state index is 6.01. The summed E-state index contributed by atoms with van der Waals surface area (Å²) in [6.07, 6.45) is 2.54. The Labute approximate surface area is 102 Å². The number of nitrogens with zero attached hydrogens (tertiary/aromatic N) is 2. The molecule has 0 saturated carbocycles. The normalized spacial score (nSPS) is 26.6. The summed E-state index contributed by atoms with van der Waals surface area (Å²) in [5.41, 5.74) is 9.13. The van der Waals surface area contributed by atoms with Crippen LogP contribution in [0.3, 0.4) is 0 Å². The Morgan fingerprint density at radius 3 is 3.00 bits per heavy atom. The Morgan fingerprint density at radius 2 is 2.38 bits per heavy atom. The van der Waals surface area contributed by atoms with Crippen LogP contribution in [0, 0.1) is 5.92 Å². The Balaban J connectivity index is 1.99. The number of rotatable bonds is 3. The Kier molecular flexibility index (Phi) is 3.95. The van der Waals surface area contributed by atoms with E-state index < -0.39 is 0 Å². The van der Waals surface area contributed by atoms with Crippen molar-refractivity contribution in [2.45, 2.75) is 38.8 Å². The smallest absolute Gasteiger partial charge is 0.0795 e. The van der Waals surface area contributed by atoms with Gasteiger partial charge in [-0.3, -0.25) is 4.90 Å². The number of nitrogens with two attached hydrogens (primary N) is 1. The van der Waals surface area contributed by atoms with Crippen LogP contribution >= 0.6 is 11.3 Å². The van der Waals surface area contributed by atoms with Gasteiger partial charge in [-0.2, -0.15) is 0 Å². The van der Waals surface area contributed by atoms with E-state index in [9.17, 15) is 0 Å². The second kappa shape index (κ2) is 5.25. The molecule has 0 bridgehead atoms. The van der Waals surface area contributed by atoms with Gasteiger partial charge in [0, 0.05) is 18.0 Å². The molecule has 16 heavy (non-hydrogen) atoms. The van der Waals surface area contributed by atoms with Crippen LogP contribution in [-0.4, -0.2) is 29.0 Å². The molecule has 0 radical (unpaired) electrons. The van der Waals surface area contributed by atoms with Gasteiger partial charge in [-0.1, -0.05) is 0 Å². The number of aromatic nitrogens is 1. The lowest BCUT2D eigenvalue weighted by molar-refractivity contribution is 0.120. The average Bonchev–Trinajstić information content (AvgIpc) is 2.81. The minimum Gasteiger partial charge on any atom is -0.328 e. The van der Waals surface area contributed by atoms with Gasteiger partial charge in [0.1, 0.15) is 0 Å². The standard InChI is InChI=1S/C12H21N3S/c1-9(13)11-4-3-5-15(6-11)10(2)12-7-16-8-14-12/h7-11H,3-6,13H2,1-2H3. The molecule has 1 aromatic rings. The van der Waals surface area contributed by atoms with Crippen molar-refractivity contribution in [1.29, 1.82) is 0 Å². The minimum atomic E-state index is 0.311. The predicted molar refractivity (Wildman–Crippen MR) is 68.5 cm³/mol. The van der Waals surface area contributed by atoms with E-state index in [0.29, 0.717) is 18.0 Å². The molecule has 0 aromatic carbocycles. The number of hydrogen-bond acceptors (Lipinski definition) is 4. The Hall–Kier alpha value is -0.450. The van der Waals surface area contributed by atoms with Crippen molar-refractivity contribution >= 4 is 11.3 Å². The van der Waals surface area contributed by atoms with Gasteiger partial charge in [-0.05, 0) is 39.2 Å². The molecule has 90 valence electrons. The van der Waals surface area contributed by atoms with Crippen molar-refractivity contribution in [3.63, 3.8) is 0 Å². The third-order valence-electron chi connectivity index (χ3n) is 3.66. The van der Waals surface area contributed by atoms with Crippen molar-refractivity contribution in [1.82, 2.24) is 9.88 Å². The number of thiazole rings is 1. The molecule has 3 nitrogen and oxygen atoms in total. The average molecular weight is 239 g/mol. The molecule has 4 heteroatoms. The zero-order valence-electron chi connectivity index (χ0n) is 10.1. The van der Waals surface area contributed by atoms with Crippen LogP contribution in [0.5, 0.6) is 0 Å². The summed E-state index contributed by atoms with van der Waals surface area (Å²) in [5.74, 6) is 0.648. The molecule has 1 aromatic heterocycles. The van der Waals surface area contributed by atoms with Crippen LogP contribution in [0.1, 0.15) is 38.4 Å². The highest BCUT2D eigenvalue weighted by Crippen LogP contribution is 2.27. The largest absolute Gasteiger partial charge is 0.328 e. The molecule has 1 saturated heterocycles. The third kappa shape index (κ3) is 2.62. The van der Waals surface area contributed by atoms with Crippen molar-refractivity contribution in [2.24, 2.45) is 11.7 Å². The summed E-state index contributed by atoms with van der Waals surface area (Å²) in [4.78, 5) is 6.93. The summed E-state index contributed by atoms with van der Waals surface area (Å²) < 4.78 is 0. The highest BCUT2D eigenvalue weighted by Gasteiger charge is 2.26. The highest BCUT2D eigenvalue weighted by molar-refractivity contribution is 7.07. The fourth-order valence-corrected chi connectivity index (χ4v) is 3.08. The third-order valence-corrected chi connectivity index (χ3v) is 4.26. The number of hydrogen-bond donors (Lipinski definition) is 1. The molecule has 1 aliphatic heterocycles. The summed E-state index contributed by atoms with van der Waals surface area (Å²) in [6, 6.07) is 0.748. The molecule has 0 spiro atoms. The van der Waals surface area contributed by atoms with E-state index in [1.807, 2.05) is 5.51 Å². The molecule has 3 atom stereocenters. The van der Waals surface area contributed by atoms with Gasteiger partial charge in [0.25, 0.3) is 0 Å². The number of piperidine rings is 1. The van der Waals surface area contributed by atoms with Gasteiger partial charge in [0.05, 0.1) is 17.2 Å². The van der Waals surface area contributed by atoms with Crippen molar-refractivity contribution < 1.29 is 0 Å². The van der Waals surface area contributed by atoms with E-state index in [4.69, 9.17) is 5.73 Å². The first kappa shape index (κ1) is 12.0. The minimum absolute atomic E-state index is 0.311. The fourth-order valence-electron chi connectivity index (χ4n) is 2.44. The molecule has 1 aliphatic rings. The lowest BCUT2D eigenvalue weighted by Gasteiger charge is -2.37. The van der Waals surface area contributed by atoms with E-state index in [0.717, 1.165) is 6.54 Å². The summed E-state index contributed by atoms with van der Waals surface area (Å²) in [5, 5.41) is 2.15. The van der Waals surface area contributed by atoms with Crippen molar-refractivity contribution in [2.75, 3.05) is 13.1 Å². The zero-order chi connectivity index (χ0) is 11.5. The van der Waals surface area contributed by atoms with E-state index in [2.05, 4.69) is 29.1 Å². The van der Waals surface area contributed by atoms with Crippen molar-refractivity contribution in [3.05, 3.63) is 16.6 Å². The predicted octanol–water partition coefficient (Wildman–Crippen LogP) is 2.26. The molecule has 0 amide bonds. The van der Waals surface area contributed by atoms with Gasteiger partial charge >= 0.3 is 0 Å². The first-order valence-electron chi connectivity index (χ1n) is 6.06. The molecule has 3 unspecified atom stereocenters. The van der Waals surface area contributed by atoms with Gasteiger partial charge in [0.2, 0.25) is 0 Å². The Morgan fingerprint density at radius 1 is 1.56 bits per heavy atom. The highest BCUT2D eigenvalue weighted by atomic mass is 32.1. The lowest BCUT2D eigenvalue weighted by Crippen LogP contribution is -2.43. The topological polar surface area (TPSA) is 42.1 Å². The maximum Gasteiger partial charge on any atom is 0.0795 e. The molecule has 2 N–H and O–H groups in total. The van der Waals surface area contributed by atoms with Crippen LogP contribution in [0.2, 0.25) is 0 Å². The van der Waals surface area contributed by atoms with Gasteiger partial charge in [0.15, 0.2) is 0 Å². The zero-order valence-corrected chi connectivity index (χ0v) is 10.9. The second-order valence-corrected chi connectivity index (χ2v) is 5.56. The van der Waals surface area contributed by atoms with Crippen LogP contribution in [0.4, 0.5) is 0 Å². The maximum absolute atomic E-state index is 6.01. The molecule has 0 aliphatic carbocycles. The molecule has 2 heterocycles. The summed E-state index contributed by atoms with van der Waals surface area (Å²) in [6.45, 7) is 6.68. The van der Waals surface area contributed by atoms with Gasteiger partial charge < -0.3 is 5.73 Å². The van der Waals surface area contributed by atoms with Crippen molar-refractivity contribution in [3.8, 4) is 0 Å². The van der Waals surface area contributed by atoms with E-state index >= 15 is 0 Å². The quantitative estimate of drug-likeness (QED) is 0.880. The van der Waals surface area contributed by atoms with E-state index in [1.54, 1.807) is 11.3 Å². The first-order valence-corrected chi connectivity index (χ1v) is 7.00. The lowest BCUT2D eigenvalue weighted by atomic mass is 9.91.